The van der Waals surface area contributed by atoms with E-state index in [2.05, 4.69) is 6.92 Å². The van der Waals surface area contributed by atoms with Gasteiger partial charge in [0.2, 0.25) is 0 Å². The molecule has 2 unspecified atom stereocenters. The molecule has 0 aliphatic carbocycles. The molecule has 0 spiro atoms. The Labute approximate surface area is 150 Å². The van der Waals surface area contributed by atoms with Gasteiger partial charge in [0.05, 0.1) is 11.4 Å². The Morgan fingerprint density at radius 1 is 0.708 bits per heavy atom. The second kappa shape index (κ2) is 15.2. The van der Waals surface area contributed by atoms with Crippen molar-refractivity contribution in [2.24, 2.45) is 0 Å². The summed E-state index contributed by atoms with van der Waals surface area (Å²) in [5.74, 6) is 0. The largest absolute Gasteiger partial charge is 0.393 e. The third-order valence-electron chi connectivity index (χ3n) is 4.80. The van der Waals surface area contributed by atoms with Gasteiger partial charge in [0.25, 0.3) is 10.1 Å². The summed E-state index contributed by atoms with van der Waals surface area (Å²) in [5, 5.41) is 9.13. The van der Waals surface area contributed by atoms with Crippen molar-refractivity contribution in [1.82, 2.24) is 0 Å². The van der Waals surface area contributed by atoms with Crippen LogP contribution in [0.1, 0.15) is 110 Å². The lowest BCUT2D eigenvalue weighted by Crippen LogP contribution is -2.16. The van der Waals surface area contributed by atoms with E-state index in [4.69, 9.17) is 4.55 Å². The van der Waals surface area contributed by atoms with E-state index in [9.17, 15) is 13.5 Å². The summed E-state index contributed by atoms with van der Waals surface area (Å²) in [6, 6.07) is 0. The predicted molar refractivity (Wildman–Crippen MR) is 102 cm³/mol. The highest BCUT2D eigenvalue weighted by Crippen LogP contribution is 2.15. The Bertz CT molecular complexity index is 368. The minimum absolute atomic E-state index is 0.0894. The molecule has 0 aromatic heterocycles. The van der Waals surface area contributed by atoms with Crippen LogP contribution in [-0.4, -0.2) is 29.4 Å². The van der Waals surface area contributed by atoms with Gasteiger partial charge in [0.15, 0.2) is 0 Å². The Kier molecular flexibility index (Phi) is 15.1. The maximum Gasteiger partial charge on any atom is 0.267 e. The molecule has 24 heavy (non-hydrogen) atoms. The first-order valence-electron chi connectivity index (χ1n) is 10.0. The fraction of sp³-hybridized carbons (Fsp3) is 1.00. The van der Waals surface area contributed by atoms with Gasteiger partial charge in [-0.1, -0.05) is 84.0 Å². The molecule has 0 fully saturated rings. The van der Waals surface area contributed by atoms with Crippen molar-refractivity contribution in [3.63, 3.8) is 0 Å². The van der Waals surface area contributed by atoms with Gasteiger partial charge in [-0.05, 0) is 26.2 Å². The second-order valence-electron chi connectivity index (χ2n) is 7.23. The van der Waals surface area contributed by atoms with Gasteiger partial charge in [-0.25, -0.2) is 0 Å². The first-order chi connectivity index (χ1) is 11.4. The van der Waals surface area contributed by atoms with Gasteiger partial charge < -0.3 is 5.11 Å². The number of hydrogen-bond acceptors (Lipinski definition) is 3. The number of aliphatic hydroxyl groups excluding tert-OH is 1. The molecule has 0 aromatic carbocycles. The highest BCUT2D eigenvalue weighted by Gasteiger charge is 2.15. The zero-order valence-corrected chi connectivity index (χ0v) is 16.7. The fourth-order valence-corrected chi connectivity index (χ4v) is 3.42. The van der Waals surface area contributed by atoms with Crippen molar-refractivity contribution in [2.75, 3.05) is 0 Å². The van der Waals surface area contributed by atoms with E-state index in [0.29, 0.717) is 6.42 Å². The van der Waals surface area contributed by atoms with Gasteiger partial charge in [-0.15, -0.1) is 0 Å². The topological polar surface area (TPSA) is 74.6 Å². The molecule has 2 atom stereocenters. The zero-order valence-electron chi connectivity index (χ0n) is 15.9. The van der Waals surface area contributed by atoms with E-state index in [0.717, 1.165) is 51.4 Å². The third kappa shape index (κ3) is 15.4. The minimum Gasteiger partial charge on any atom is -0.393 e. The van der Waals surface area contributed by atoms with Gasteiger partial charge >= 0.3 is 0 Å². The van der Waals surface area contributed by atoms with Crippen LogP contribution in [-0.2, 0) is 10.1 Å². The molecule has 0 aliphatic rings. The summed E-state index contributed by atoms with van der Waals surface area (Å²) in [6.07, 6.45) is 16.5. The Hall–Kier alpha value is -0.130. The molecular weight excluding hydrogens is 324 g/mol. The monoisotopic (exact) mass is 364 g/mol. The van der Waals surface area contributed by atoms with Crippen molar-refractivity contribution in [2.45, 2.75) is 122 Å². The molecule has 0 saturated carbocycles. The summed E-state index contributed by atoms with van der Waals surface area (Å²) in [6.45, 7) is 3.73. The molecule has 0 amide bonds. The number of rotatable bonds is 17. The Morgan fingerprint density at radius 2 is 1.08 bits per heavy atom. The van der Waals surface area contributed by atoms with E-state index in [-0.39, 0.29) is 6.10 Å². The van der Waals surface area contributed by atoms with Crippen molar-refractivity contribution < 1.29 is 18.1 Å². The Balaban J connectivity index is 3.23. The van der Waals surface area contributed by atoms with Crippen LogP contribution in [0.2, 0.25) is 0 Å². The molecule has 5 heteroatoms. The van der Waals surface area contributed by atoms with E-state index >= 15 is 0 Å². The highest BCUT2D eigenvalue weighted by molar-refractivity contribution is 7.86. The summed E-state index contributed by atoms with van der Waals surface area (Å²) in [4.78, 5) is 0. The molecule has 0 radical (unpaired) electrons. The number of hydrogen-bond donors (Lipinski definition) is 2. The van der Waals surface area contributed by atoms with Gasteiger partial charge in [-0.3, -0.25) is 4.55 Å². The average molecular weight is 365 g/mol. The van der Waals surface area contributed by atoms with Crippen molar-refractivity contribution in [3.8, 4) is 0 Å². The van der Waals surface area contributed by atoms with Crippen LogP contribution >= 0.6 is 0 Å². The second-order valence-corrected chi connectivity index (χ2v) is 9.07. The molecule has 0 rings (SSSR count). The molecule has 4 nitrogen and oxygen atoms in total. The van der Waals surface area contributed by atoms with E-state index in [1.807, 2.05) is 0 Å². The average Bonchev–Trinajstić information content (AvgIpc) is 2.52. The van der Waals surface area contributed by atoms with Gasteiger partial charge in [-0.2, -0.15) is 8.42 Å². The van der Waals surface area contributed by atoms with E-state index in [1.54, 1.807) is 6.92 Å². The normalized spacial score (nSPS) is 14.7. The van der Waals surface area contributed by atoms with Crippen LogP contribution in [0.5, 0.6) is 0 Å². The maximum atomic E-state index is 10.9. The molecule has 0 heterocycles. The zero-order chi connectivity index (χ0) is 18.3. The number of aliphatic hydroxyl groups is 1. The summed E-state index contributed by atoms with van der Waals surface area (Å²) >= 11 is 0. The van der Waals surface area contributed by atoms with Crippen LogP contribution in [0.15, 0.2) is 0 Å². The van der Waals surface area contributed by atoms with Gasteiger partial charge in [0, 0.05) is 0 Å². The molecule has 0 aromatic rings. The molecular formula is C19H40O4S. The lowest BCUT2D eigenvalue weighted by Gasteiger charge is -2.09. The van der Waals surface area contributed by atoms with Crippen LogP contribution in [0.4, 0.5) is 0 Å². The molecule has 0 saturated heterocycles. The summed E-state index contributed by atoms with van der Waals surface area (Å²) < 4.78 is 30.6. The van der Waals surface area contributed by atoms with E-state index < -0.39 is 15.4 Å². The lowest BCUT2D eigenvalue weighted by molar-refractivity contribution is 0.148. The quantitative estimate of drug-likeness (QED) is 0.264. The van der Waals surface area contributed by atoms with Crippen molar-refractivity contribution in [1.29, 1.82) is 0 Å². The van der Waals surface area contributed by atoms with E-state index in [1.165, 1.54) is 38.5 Å². The van der Waals surface area contributed by atoms with Crippen LogP contribution in [0.25, 0.3) is 0 Å². The third-order valence-corrected chi connectivity index (χ3v) is 6.05. The lowest BCUT2D eigenvalue weighted by atomic mass is 10.0. The Morgan fingerprint density at radius 3 is 1.50 bits per heavy atom. The summed E-state index contributed by atoms with van der Waals surface area (Å²) in [7, 11) is -3.84. The minimum atomic E-state index is -3.84. The van der Waals surface area contributed by atoms with Crippen molar-refractivity contribution in [3.05, 3.63) is 0 Å². The maximum absolute atomic E-state index is 10.9. The first-order valence-corrected chi connectivity index (χ1v) is 11.5. The number of unbranched alkanes of at least 4 members (excludes halogenated alkanes) is 10. The SMILES string of the molecule is CCCCC(O)CCCCCCCCCCCCC(C)S(=O)(=O)O. The summed E-state index contributed by atoms with van der Waals surface area (Å²) in [5.41, 5.74) is 0. The smallest absolute Gasteiger partial charge is 0.267 e. The van der Waals surface area contributed by atoms with Crippen LogP contribution < -0.4 is 0 Å². The molecule has 146 valence electrons. The predicted octanol–water partition coefficient (Wildman–Crippen LogP) is 5.50. The molecule has 0 aliphatic heterocycles. The molecule has 2 N–H and O–H groups in total. The van der Waals surface area contributed by atoms with Gasteiger partial charge in [0.1, 0.15) is 0 Å². The fourth-order valence-electron chi connectivity index (χ4n) is 2.96. The first kappa shape index (κ1) is 23.9. The molecule has 0 bridgehead atoms. The standard InChI is InChI=1S/C19H40O4S/c1-3-4-16-19(20)17-14-12-10-8-6-5-7-9-11-13-15-18(2)24(21,22)23/h18-20H,3-17H2,1-2H3,(H,21,22,23). The van der Waals surface area contributed by atoms with Crippen LogP contribution in [0, 0.1) is 0 Å². The highest BCUT2D eigenvalue weighted by atomic mass is 32.2. The van der Waals surface area contributed by atoms with Crippen molar-refractivity contribution >= 4 is 10.1 Å². The van der Waals surface area contributed by atoms with Crippen LogP contribution in [0.3, 0.4) is 0 Å².